The van der Waals surface area contributed by atoms with Crippen LogP contribution < -0.4 is 11.1 Å². The molecule has 1 atom stereocenters. The molecule has 4 nitrogen and oxygen atoms in total. The average molecular weight is 322 g/mol. The molecule has 0 aliphatic heterocycles. The minimum atomic E-state index is -4.24. The fourth-order valence-electron chi connectivity index (χ4n) is 2.21. The zero-order valence-electron chi connectivity index (χ0n) is 11.7. The minimum absolute atomic E-state index is 0.222. The molecule has 1 aromatic rings. The predicted octanol–water partition coefficient (Wildman–Crippen LogP) is 3.75. The summed E-state index contributed by atoms with van der Waals surface area (Å²) in [4.78, 5) is 11.9. The van der Waals surface area contributed by atoms with Gasteiger partial charge in [0.05, 0.1) is 24.2 Å². The fourth-order valence-corrected chi connectivity index (χ4v) is 3.44. The lowest BCUT2D eigenvalue weighted by atomic mass is 10.1. The number of carbonyl (C=O) groups is 1. The first-order chi connectivity index (χ1) is 9.73. The van der Waals surface area contributed by atoms with Crippen molar-refractivity contribution in [1.82, 2.24) is 0 Å². The maximum absolute atomic E-state index is 12.4. The Labute approximate surface area is 124 Å². The number of carbonyl (C=O) groups excluding carboxylic acids is 1. The first kappa shape index (κ1) is 15.9. The smallest absolute Gasteiger partial charge is 0.391 e. The summed E-state index contributed by atoms with van der Waals surface area (Å²) in [7, 11) is 1.25. The average Bonchev–Trinajstić information content (AvgIpc) is 3.12. The van der Waals surface area contributed by atoms with Crippen LogP contribution in [0.1, 0.15) is 47.3 Å². The van der Waals surface area contributed by atoms with Gasteiger partial charge >= 0.3 is 12.1 Å². The maximum atomic E-state index is 12.4. The summed E-state index contributed by atoms with van der Waals surface area (Å²) in [5, 5.41) is 3.39. The Morgan fingerprint density at radius 1 is 1.52 bits per heavy atom. The number of nitrogens with one attached hydrogen (secondary N) is 1. The molecule has 0 bridgehead atoms. The lowest BCUT2D eigenvalue weighted by molar-refractivity contribution is -0.136. The Bertz CT molecular complexity index is 538. The van der Waals surface area contributed by atoms with Crippen molar-refractivity contribution in [3.8, 4) is 0 Å². The Kier molecular flexibility index (Phi) is 4.36. The molecular weight excluding hydrogens is 305 g/mol. The number of alkyl halides is 3. The number of thiophene rings is 1. The lowest BCUT2D eigenvalue weighted by Gasteiger charge is -2.17. The van der Waals surface area contributed by atoms with Crippen molar-refractivity contribution >= 4 is 28.0 Å². The molecule has 1 fully saturated rings. The molecule has 8 heteroatoms. The lowest BCUT2D eigenvalue weighted by Crippen LogP contribution is -2.23. The molecule has 2 rings (SSSR count). The fraction of sp³-hybridized carbons (Fsp3) is 0.615. The standard InChI is InChI=1S/C13H17F3N2O2S/c1-6(5-13(14,15)16)18-11-8(7-3-4-7)9(17)10(21-11)12(19)20-2/h6-7,18H,3-5,17H2,1-2H3. The largest absolute Gasteiger partial charge is 0.465 e. The van der Waals surface area contributed by atoms with Gasteiger partial charge in [0.2, 0.25) is 0 Å². The molecule has 0 spiro atoms. The second-order valence-electron chi connectivity index (χ2n) is 5.22. The number of hydrogen-bond donors (Lipinski definition) is 2. The Morgan fingerprint density at radius 3 is 2.62 bits per heavy atom. The van der Waals surface area contributed by atoms with Crippen LogP contribution in [0.2, 0.25) is 0 Å². The van der Waals surface area contributed by atoms with Crippen molar-refractivity contribution in [2.75, 3.05) is 18.2 Å². The van der Waals surface area contributed by atoms with Gasteiger partial charge in [-0.05, 0) is 25.7 Å². The molecule has 0 amide bonds. The van der Waals surface area contributed by atoms with Crippen LogP contribution in [-0.2, 0) is 4.74 Å². The number of nitrogen functional groups attached to an aromatic ring is 1. The summed E-state index contributed by atoms with van der Waals surface area (Å²) in [5.41, 5.74) is 7.06. The van der Waals surface area contributed by atoms with E-state index >= 15 is 0 Å². The molecule has 1 aliphatic rings. The summed E-state index contributed by atoms with van der Waals surface area (Å²) in [6.45, 7) is 1.46. The maximum Gasteiger partial charge on any atom is 0.391 e. The summed E-state index contributed by atoms with van der Waals surface area (Å²) in [6, 6.07) is -0.786. The van der Waals surface area contributed by atoms with Crippen LogP contribution in [0.25, 0.3) is 0 Å². The van der Waals surface area contributed by atoms with Crippen LogP contribution >= 0.6 is 11.3 Å². The Hall–Kier alpha value is -1.44. The first-order valence-corrected chi connectivity index (χ1v) is 7.38. The van der Waals surface area contributed by atoms with Gasteiger partial charge in [-0.15, -0.1) is 11.3 Å². The van der Waals surface area contributed by atoms with Crippen LogP contribution in [0.5, 0.6) is 0 Å². The number of nitrogens with two attached hydrogens (primary N) is 1. The molecule has 1 unspecified atom stereocenters. The summed E-state index contributed by atoms with van der Waals surface area (Å²) < 4.78 is 41.9. The number of ether oxygens (including phenoxy) is 1. The molecule has 3 N–H and O–H groups in total. The molecular formula is C13H17F3N2O2S. The topological polar surface area (TPSA) is 64.3 Å². The summed E-state index contributed by atoms with van der Waals surface area (Å²) in [5.74, 6) is -0.337. The van der Waals surface area contributed by atoms with Gasteiger partial charge in [-0.3, -0.25) is 0 Å². The van der Waals surface area contributed by atoms with E-state index in [1.165, 1.54) is 14.0 Å². The van der Waals surface area contributed by atoms with E-state index in [1.807, 2.05) is 0 Å². The monoisotopic (exact) mass is 322 g/mol. The SMILES string of the molecule is COC(=O)c1sc(NC(C)CC(F)(F)F)c(C2CC2)c1N. The van der Waals surface area contributed by atoms with Crippen molar-refractivity contribution in [1.29, 1.82) is 0 Å². The van der Waals surface area contributed by atoms with Gasteiger partial charge < -0.3 is 15.8 Å². The van der Waals surface area contributed by atoms with Gasteiger partial charge in [0.1, 0.15) is 4.88 Å². The van der Waals surface area contributed by atoms with Gasteiger partial charge in [-0.1, -0.05) is 0 Å². The molecule has 0 radical (unpaired) electrons. The first-order valence-electron chi connectivity index (χ1n) is 6.56. The van der Waals surface area contributed by atoms with Gasteiger partial charge in [-0.25, -0.2) is 4.79 Å². The highest BCUT2D eigenvalue weighted by molar-refractivity contribution is 7.18. The van der Waals surface area contributed by atoms with Crippen LogP contribution in [0, 0.1) is 0 Å². The third kappa shape index (κ3) is 3.81. The molecule has 0 aromatic carbocycles. The van der Waals surface area contributed by atoms with Crippen LogP contribution in [0.3, 0.4) is 0 Å². The second-order valence-corrected chi connectivity index (χ2v) is 6.24. The molecule has 1 aromatic heterocycles. The number of halogens is 3. The van der Waals surface area contributed by atoms with Crippen LogP contribution in [0.4, 0.5) is 23.9 Å². The van der Waals surface area contributed by atoms with Crippen LogP contribution in [-0.4, -0.2) is 25.3 Å². The number of esters is 1. The zero-order valence-corrected chi connectivity index (χ0v) is 12.5. The van der Waals surface area contributed by atoms with E-state index in [0.717, 1.165) is 29.7 Å². The van der Waals surface area contributed by atoms with Gasteiger partial charge in [0.15, 0.2) is 0 Å². The van der Waals surface area contributed by atoms with E-state index in [4.69, 9.17) is 5.73 Å². The minimum Gasteiger partial charge on any atom is -0.465 e. The third-order valence-electron chi connectivity index (χ3n) is 3.26. The van der Waals surface area contributed by atoms with E-state index in [0.29, 0.717) is 10.7 Å². The number of rotatable bonds is 5. The van der Waals surface area contributed by atoms with E-state index < -0.39 is 24.6 Å². The number of hydrogen-bond acceptors (Lipinski definition) is 5. The quantitative estimate of drug-likeness (QED) is 0.811. The highest BCUT2D eigenvalue weighted by Crippen LogP contribution is 2.51. The van der Waals surface area contributed by atoms with Crippen LogP contribution in [0.15, 0.2) is 0 Å². The molecule has 21 heavy (non-hydrogen) atoms. The zero-order chi connectivity index (χ0) is 15.8. The van der Waals surface area contributed by atoms with Crippen molar-refractivity contribution in [3.05, 3.63) is 10.4 Å². The Morgan fingerprint density at radius 2 is 2.14 bits per heavy atom. The highest BCUT2D eigenvalue weighted by atomic mass is 32.1. The molecule has 1 saturated carbocycles. The van der Waals surface area contributed by atoms with Gasteiger partial charge in [0, 0.05) is 11.6 Å². The number of methoxy groups -OCH3 is 1. The molecule has 118 valence electrons. The van der Waals surface area contributed by atoms with E-state index in [9.17, 15) is 18.0 Å². The van der Waals surface area contributed by atoms with Gasteiger partial charge in [0.25, 0.3) is 0 Å². The van der Waals surface area contributed by atoms with E-state index in [2.05, 4.69) is 10.1 Å². The van der Waals surface area contributed by atoms with Crippen molar-refractivity contribution < 1.29 is 22.7 Å². The van der Waals surface area contributed by atoms with Gasteiger partial charge in [-0.2, -0.15) is 13.2 Å². The van der Waals surface area contributed by atoms with Crippen molar-refractivity contribution in [2.24, 2.45) is 0 Å². The Balaban J connectivity index is 2.24. The normalized spacial score (nSPS) is 16.6. The van der Waals surface area contributed by atoms with E-state index in [1.54, 1.807) is 0 Å². The molecule has 1 heterocycles. The van der Waals surface area contributed by atoms with Crippen molar-refractivity contribution in [2.45, 2.75) is 44.3 Å². The summed E-state index contributed by atoms with van der Waals surface area (Å²) in [6.07, 6.45) is -3.31. The predicted molar refractivity (Wildman–Crippen MR) is 75.8 cm³/mol. The molecule has 1 aliphatic carbocycles. The number of anilines is 2. The summed E-state index contributed by atoms with van der Waals surface area (Å²) >= 11 is 1.06. The van der Waals surface area contributed by atoms with E-state index in [-0.39, 0.29) is 10.8 Å². The van der Waals surface area contributed by atoms with Crippen molar-refractivity contribution in [3.63, 3.8) is 0 Å². The third-order valence-corrected chi connectivity index (χ3v) is 4.39. The molecule has 0 saturated heterocycles. The highest BCUT2D eigenvalue weighted by Gasteiger charge is 2.35. The second kappa shape index (κ2) is 5.75.